The molecule has 19 heavy (non-hydrogen) atoms. The maximum Gasteiger partial charge on any atom is 0.145 e. The fourth-order valence-electron chi connectivity index (χ4n) is 2.39. The molecule has 1 aromatic rings. The number of benzene rings is 1. The normalized spacial score (nSPS) is 23.1. The molecule has 0 bridgehead atoms. The van der Waals surface area contributed by atoms with E-state index >= 15 is 0 Å². The molecule has 0 unspecified atom stereocenters. The standard InChI is InChI=1S/C15H19BrO3/c1-11-14(16)3-2-4-15(11)19-13-7-5-12(6-8-13)18-10-9-17/h2-4,9,12-13H,5-8,10H2,1H3. The zero-order chi connectivity index (χ0) is 13.7. The van der Waals surface area contributed by atoms with Crippen molar-refractivity contribution in [2.24, 2.45) is 0 Å². The number of ether oxygens (including phenoxy) is 2. The van der Waals surface area contributed by atoms with E-state index in [0.717, 1.165) is 47.8 Å². The Morgan fingerprint density at radius 3 is 2.63 bits per heavy atom. The lowest BCUT2D eigenvalue weighted by Crippen LogP contribution is -2.28. The van der Waals surface area contributed by atoms with Crippen LogP contribution in [0.4, 0.5) is 0 Å². The molecule has 1 aromatic carbocycles. The number of rotatable bonds is 5. The van der Waals surface area contributed by atoms with Gasteiger partial charge in [0, 0.05) is 10.0 Å². The van der Waals surface area contributed by atoms with Crippen molar-refractivity contribution in [3.63, 3.8) is 0 Å². The first-order valence-electron chi connectivity index (χ1n) is 6.67. The van der Waals surface area contributed by atoms with Crippen molar-refractivity contribution in [1.82, 2.24) is 0 Å². The summed E-state index contributed by atoms with van der Waals surface area (Å²) in [5.74, 6) is 0.951. The zero-order valence-electron chi connectivity index (χ0n) is 11.1. The summed E-state index contributed by atoms with van der Waals surface area (Å²) in [6, 6.07) is 6.02. The molecule has 1 aliphatic rings. The first-order valence-corrected chi connectivity index (χ1v) is 7.47. The van der Waals surface area contributed by atoms with Crippen LogP contribution >= 0.6 is 15.9 Å². The van der Waals surface area contributed by atoms with Gasteiger partial charge in [0.1, 0.15) is 18.6 Å². The maximum atomic E-state index is 10.3. The highest BCUT2D eigenvalue weighted by atomic mass is 79.9. The first kappa shape index (κ1) is 14.5. The Bertz CT molecular complexity index is 425. The second-order valence-electron chi connectivity index (χ2n) is 4.88. The highest BCUT2D eigenvalue weighted by Crippen LogP contribution is 2.30. The van der Waals surface area contributed by atoms with Crippen molar-refractivity contribution < 1.29 is 14.3 Å². The highest BCUT2D eigenvalue weighted by molar-refractivity contribution is 9.10. The van der Waals surface area contributed by atoms with Gasteiger partial charge in [0.2, 0.25) is 0 Å². The van der Waals surface area contributed by atoms with Gasteiger partial charge >= 0.3 is 0 Å². The molecule has 3 nitrogen and oxygen atoms in total. The summed E-state index contributed by atoms with van der Waals surface area (Å²) in [5.41, 5.74) is 1.14. The average molecular weight is 327 g/mol. The minimum Gasteiger partial charge on any atom is -0.490 e. The van der Waals surface area contributed by atoms with Gasteiger partial charge in [-0.25, -0.2) is 0 Å². The monoisotopic (exact) mass is 326 g/mol. The third kappa shape index (κ3) is 4.05. The van der Waals surface area contributed by atoms with E-state index < -0.39 is 0 Å². The van der Waals surface area contributed by atoms with Crippen LogP contribution in [0.25, 0.3) is 0 Å². The molecule has 0 heterocycles. The van der Waals surface area contributed by atoms with E-state index in [1.165, 1.54) is 0 Å². The van der Waals surface area contributed by atoms with E-state index in [-0.39, 0.29) is 18.8 Å². The summed E-state index contributed by atoms with van der Waals surface area (Å²) >= 11 is 3.52. The summed E-state index contributed by atoms with van der Waals surface area (Å²) in [4.78, 5) is 10.3. The Kier molecular flexibility index (Phi) is 5.40. The van der Waals surface area contributed by atoms with E-state index in [1.54, 1.807) is 0 Å². The van der Waals surface area contributed by atoms with E-state index in [9.17, 15) is 4.79 Å². The quantitative estimate of drug-likeness (QED) is 0.774. The minimum absolute atomic E-state index is 0.209. The van der Waals surface area contributed by atoms with Gasteiger partial charge in [-0.05, 0) is 44.7 Å². The van der Waals surface area contributed by atoms with Gasteiger partial charge in [0.15, 0.2) is 0 Å². The molecule has 0 amide bonds. The van der Waals surface area contributed by atoms with Gasteiger partial charge in [0.25, 0.3) is 0 Å². The number of hydrogen-bond donors (Lipinski definition) is 0. The van der Waals surface area contributed by atoms with Gasteiger partial charge in [-0.3, -0.25) is 0 Å². The molecule has 0 aliphatic heterocycles. The predicted molar refractivity (Wildman–Crippen MR) is 77.6 cm³/mol. The van der Waals surface area contributed by atoms with Crippen molar-refractivity contribution in [3.05, 3.63) is 28.2 Å². The van der Waals surface area contributed by atoms with Crippen molar-refractivity contribution in [2.75, 3.05) is 6.61 Å². The van der Waals surface area contributed by atoms with Crippen molar-refractivity contribution >= 4 is 22.2 Å². The van der Waals surface area contributed by atoms with Crippen LogP contribution < -0.4 is 4.74 Å². The fraction of sp³-hybridized carbons (Fsp3) is 0.533. The Balaban J connectivity index is 1.85. The third-order valence-electron chi connectivity index (χ3n) is 3.53. The van der Waals surface area contributed by atoms with Gasteiger partial charge < -0.3 is 14.3 Å². The molecule has 0 saturated heterocycles. The molecule has 0 radical (unpaired) electrons. The molecule has 104 valence electrons. The van der Waals surface area contributed by atoms with E-state index in [4.69, 9.17) is 9.47 Å². The first-order chi connectivity index (χ1) is 9.20. The van der Waals surface area contributed by atoms with E-state index in [1.807, 2.05) is 18.2 Å². The van der Waals surface area contributed by atoms with Gasteiger partial charge in [0.05, 0.1) is 12.2 Å². The van der Waals surface area contributed by atoms with Crippen molar-refractivity contribution in [1.29, 1.82) is 0 Å². The lowest BCUT2D eigenvalue weighted by atomic mass is 9.95. The molecular formula is C15H19BrO3. The number of halogens is 1. The fourth-order valence-corrected chi connectivity index (χ4v) is 2.74. The molecule has 0 aromatic heterocycles. The van der Waals surface area contributed by atoms with Gasteiger partial charge in [-0.1, -0.05) is 22.0 Å². The maximum absolute atomic E-state index is 10.3. The van der Waals surface area contributed by atoms with Crippen molar-refractivity contribution in [3.8, 4) is 5.75 Å². The lowest BCUT2D eigenvalue weighted by Gasteiger charge is -2.29. The van der Waals surface area contributed by atoms with Crippen LogP contribution in [0.3, 0.4) is 0 Å². The molecule has 0 atom stereocenters. The summed E-state index contributed by atoms with van der Waals surface area (Å²) in [7, 11) is 0. The zero-order valence-corrected chi connectivity index (χ0v) is 12.7. The minimum atomic E-state index is 0.209. The molecular weight excluding hydrogens is 308 g/mol. The molecule has 1 saturated carbocycles. The van der Waals surface area contributed by atoms with Crippen LogP contribution in [0.15, 0.2) is 22.7 Å². The Morgan fingerprint density at radius 2 is 1.95 bits per heavy atom. The van der Waals surface area contributed by atoms with E-state index in [2.05, 4.69) is 22.9 Å². The summed E-state index contributed by atoms with van der Waals surface area (Å²) in [5, 5.41) is 0. The second kappa shape index (κ2) is 7.06. The molecule has 4 heteroatoms. The van der Waals surface area contributed by atoms with E-state index in [0.29, 0.717) is 0 Å². The van der Waals surface area contributed by atoms with Crippen LogP contribution in [-0.2, 0) is 9.53 Å². The average Bonchev–Trinajstić information content (AvgIpc) is 2.43. The van der Waals surface area contributed by atoms with Crippen LogP contribution in [0.5, 0.6) is 5.75 Å². The Labute approximate surface area is 122 Å². The smallest absolute Gasteiger partial charge is 0.145 e. The topological polar surface area (TPSA) is 35.5 Å². The predicted octanol–water partition coefficient (Wildman–Crippen LogP) is 3.66. The molecule has 1 fully saturated rings. The number of carbonyl (C=O) groups is 1. The van der Waals surface area contributed by atoms with Crippen LogP contribution in [0.2, 0.25) is 0 Å². The second-order valence-corrected chi connectivity index (χ2v) is 5.73. The molecule has 1 aliphatic carbocycles. The Morgan fingerprint density at radius 1 is 1.26 bits per heavy atom. The lowest BCUT2D eigenvalue weighted by molar-refractivity contribution is -0.114. The van der Waals surface area contributed by atoms with Crippen LogP contribution in [0, 0.1) is 6.92 Å². The molecule has 0 spiro atoms. The molecule has 2 rings (SSSR count). The number of aldehydes is 1. The highest BCUT2D eigenvalue weighted by Gasteiger charge is 2.23. The molecule has 0 N–H and O–H groups in total. The van der Waals surface area contributed by atoms with Gasteiger partial charge in [-0.15, -0.1) is 0 Å². The largest absolute Gasteiger partial charge is 0.490 e. The van der Waals surface area contributed by atoms with Crippen LogP contribution in [0.1, 0.15) is 31.2 Å². The van der Waals surface area contributed by atoms with Crippen molar-refractivity contribution in [2.45, 2.75) is 44.8 Å². The Hall–Kier alpha value is -0.870. The number of carbonyl (C=O) groups excluding carboxylic acids is 1. The number of hydrogen-bond acceptors (Lipinski definition) is 3. The summed E-state index contributed by atoms with van der Waals surface area (Å²) in [6.45, 7) is 2.26. The third-order valence-corrected chi connectivity index (χ3v) is 4.39. The summed E-state index contributed by atoms with van der Waals surface area (Å²) < 4.78 is 12.6. The van der Waals surface area contributed by atoms with Gasteiger partial charge in [-0.2, -0.15) is 0 Å². The SMILES string of the molecule is Cc1c(Br)cccc1OC1CCC(OCC=O)CC1. The van der Waals surface area contributed by atoms with Crippen LogP contribution in [-0.4, -0.2) is 25.1 Å². The summed E-state index contributed by atoms with van der Waals surface area (Å²) in [6.07, 6.45) is 5.17.